The lowest BCUT2D eigenvalue weighted by Crippen LogP contribution is -2.56. The van der Waals surface area contributed by atoms with Crippen molar-refractivity contribution in [1.82, 2.24) is 15.5 Å². The number of carbonyl (C=O) groups is 2. The lowest BCUT2D eigenvalue weighted by atomic mass is 9.82. The number of nitrogens with one attached hydrogen (secondary N) is 2. The number of hydrogen-bond acceptors (Lipinski definition) is 6. The van der Waals surface area contributed by atoms with Crippen LogP contribution in [0.5, 0.6) is 0 Å². The summed E-state index contributed by atoms with van der Waals surface area (Å²) in [5.74, 6) is 0.422. The summed E-state index contributed by atoms with van der Waals surface area (Å²) in [6.45, 7) is 4.65. The molecule has 4 N–H and O–H groups in total. The Morgan fingerprint density at radius 3 is 2.18 bits per heavy atom. The van der Waals surface area contributed by atoms with E-state index in [1.807, 2.05) is 45.0 Å². The first-order chi connectivity index (χ1) is 20.9. The van der Waals surface area contributed by atoms with Crippen molar-refractivity contribution >= 4 is 34.2 Å². The fourth-order valence-corrected chi connectivity index (χ4v) is 7.75. The van der Waals surface area contributed by atoms with Crippen LogP contribution >= 0.6 is 11.6 Å². The second kappa shape index (κ2) is 18.6. The number of aliphatic hydroxyl groups is 2. The van der Waals surface area contributed by atoms with Gasteiger partial charge in [0.2, 0.25) is 11.8 Å². The fourth-order valence-electron chi connectivity index (χ4n) is 6.17. The third-order valence-corrected chi connectivity index (χ3v) is 10.6. The molecule has 1 unspecified atom stereocenters. The minimum atomic E-state index is -1.21. The van der Waals surface area contributed by atoms with Crippen LogP contribution in [0.4, 0.5) is 0 Å². The smallest absolute Gasteiger partial charge is 0.242 e. The molecule has 2 aliphatic rings. The molecule has 2 fully saturated rings. The monoisotopic (exact) mass is 653 g/mol. The molecule has 0 saturated heterocycles. The van der Waals surface area contributed by atoms with Gasteiger partial charge in [0.15, 0.2) is 0 Å². The van der Waals surface area contributed by atoms with Crippen LogP contribution in [0.3, 0.4) is 0 Å². The molecule has 0 spiro atoms. The first-order valence-electron chi connectivity index (χ1n) is 16.6. The number of benzene rings is 1. The van der Waals surface area contributed by atoms with Gasteiger partial charge in [-0.2, -0.15) is 0 Å². The Morgan fingerprint density at radius 2 is 1.59 bits per heavy atom. The third kappa shape index (κ3) is 13.5. The molecule has 1 aromatic rings. The van der Waals surface area contributed by atoms with Crippen LogP contribution in [-0.2, 0) is 26.8 Å². The van der Waals surface area contributed by atoms with E-state index in [0.29, 0.717) is 54.8 Å². The number of carbonyl (C=O) groups excluding carboxylic acids is 2. The van der Waals surface area contributed by atoms with E-state index in [0.717, 1.165) is 44.1 Å². The highest BCUT2D eigenvalue weighted by Gasteiger charge is 2.36. The molecule has 0 aliphatic heterocycles. The topological polar surface area (TPSA) is 119 Å². The van der Waals surface area contributed by atoms with Crippen LogP contribution in [-0.4, -0.2) is 87.6 Å². The normalized spacial score (nSPS) is 20.1. The molecule has 0 aromatic heterocycles. The zero-order valence-corrected chi connectivity index (χ0v) is 28.8. The lowest BCUT2D eigenvalue weighted by Gasteiger charge is -2.34. The Balaban J connectivity index is 1.76. The Labute approximate surface area is 272 Å². The predicted molar refractivity (Wildman–Crippen MR) is 179 cm³/mol. The van der Waals surface area contributed by atoms with Crippen molar-refractivity contribution in [3.05, 3.63) is 34.9 Å². The maximum absolute atomic E-state index is 13.9. The Kier molecular flexibility index (Phi) is 15.6. The molecule has 1 aromatic carbocycles. The fraction of sp³-hybridized carbons (Fsp3) is 0.765. The average Bonchev–Trinajstić information content (AvgIpc) is 3.80. The summed E-state index contributed by atoms with van der Waals surface area (Å²) in [7, 11) is 2.64. The van der Waals surface area contributed by atoms with Gasteiger partial charge in [-0.3, -0.25) is 13.8 Å². The van der Waals surface area contributed by atoms with E-state index in [1.165, 1.54) is 6.42 Å². The van der Waals surface area contributed by atoms with Crippen molar-refractivity contribution in [1.29, 1.82) is 0 Å². The molecule has 10 heteroatoms. The van der Waals surface area contributed by atoms with Crippen LogP contribution < -0.4 is 10.6 Å². The van der Waals surface area contributed by atoms with Crippen LogP contribution in [0.25, 0.3) is 0 Å². The standard InChI is InChI=1S/C34H56ClN3O5S/c1-23(2)18-31(39)32(40)29(20-24-8-6-5-7-9-24)36-34(42)30(21-26-10-11-26)37-33(41)27(22-44(43)17-16-38(3)4)19-25-12-14-28(35)15-13-25/h12-15,23-24,26-27,29-32,39-40H,5-11,16-22H2,1-4H3,(H,36,42)(H,37,41)/t27-,29+,30+,31+,32-,44?/m1/s1. The molecular weight excluding hydrogens is 598 g/mol. The zero-order chi connectivity index (χ0) is 32.2. The third-order valence-electron chi connectivity index (χ3n) is 8.98. The molecule has 8 nitrogen and oxygen atoms in total. The Bertz CT molecular complexity index is 1050. The minimum absolute atomic E-state index is 0.199. The SMILES string of the molecule is CC(C)C[C@H](O)[C@H](O)[C@H](CC1CCCCC1)NC(=O)[C@H](CC1CC1)NC(=O)[C@H](Cc1ccc(Cl)cc1)CS(=O)CCN(C)C. The molecule has 2 aliphatic carbocycles. The second-order valence-electron chi connectivity index (χ2n) is 13.9. The molecule has 250 valence electrons. The van der Waals surface area contributed by atoms with Gasteiger partial charge in [-0.15, -0.1) is 0 Å². The largest absolute Gasteiger partial charge is 0.390 e. The molecule has 0 bridgehead atoms. The van der Waals surface area contributed by atoms with E-state index in [9.17, 15) is 24.0 Å². The van der Waals surface area contributed by atoms with Crippen LogP contribution in [0.15, 0.2) is 24.3 Å². The van der Waals surface area contributed by atoms with Crippen molar-refractivity contribution < 1.29 is 24.0 Å². The van der Waals surface area contributed by atoms with Crippen LogP contribution in [0, 0.1) is 23.7 Å². The number of amides is 2. The average molecular weight is 654 g/mol. The van der Waals surface area contributed by atoms with Crippen molar-refractivity contribution in [2.75, 3.05) is 32.1 Å². The van der Waals surface area contributed by atoms with E-state index in [2.05, 4.69) is 10.6 Å². The highest BCUT2D eigenvalue weighted by molar-refractivity contribution is 7.85. The van der Waals surface area contributed by atoms with E-state index >= 15 is 0 Å². The summed E-state index contributed by atoms with van der Waals surface area (Å²) in [5, 5.41) is 28.8. The summed E-state index contributed by atoms with van der Waals surface area (Å²) in [6, 6.07) is 5.95. The number of rotatable bonds is 19. The van der Waals surface area contributed by atoms with Gasteiger partial charge in [-0.1, -0.05) is 82.5 Å². The second-order valence-corrected chi connectivity index (χ2v) is 16.0. The number of halogens is 1. The van der Waals surface area contributed by atoms with Gasteiger partial charge in [-0.25, -0.2) is 0 Å². The molecule has 44 heavy (non-hydrogen) atoms. The Morgan fingerprint density at radius 1 is 0.955 bits per heavy atom. The van der Waals surface area contributed by atoms with E-state index in [4.69, 9.17) is 11.6 Å². The Hall–Kier alpha value is -1.52. The quantitative estimate of drug-likeness (QED) is 0.177. The van der Waals surface area contributed by atoms with Crippen molar-refractivity contribution in [2.45, 2.75) is 109 Å². The first kappa shape index (κ1) is 36.9. The highest BCUT2D eigenvalue weighted by Crippen LogP contribution is 2.34. The van der Waals surface area contributed by atoms with E-state index in [1.54, 1.807) is 12.1 Å². The zero-order valence-electron chi connectivity index (χ0n) is 27.2. The van der Waals surface area contributed by atoms with Gasteiger partial charge in [0.1, 0.15) is 12.1 Å². The van der Waals surface area contributed by atoms with E-state index in [-0.39, 0.29) is 23.5 Å². The van der Waals surface area contributed by atoms with E-state index < -0.39 is 41.0 Å². The van der Waals surface area contributed by atoms with Gasteiger partial charge in [0, 0.05) is 33.9 Å². The van der Waals surface area contributed by atoms with Crippen molar-refractivity contribution in [3.63, 3.8) is 0 Å². The molecule has 0 heterocycles. The summed E-state index contributed by atoms with van der Waals surface area (Å²) in [6.07, 6.45) is 7.56. The summed E-state index contributed by atoms with van der Waals surface area (Å²) in [4.78, 5) is 29.7. The summed E-state index contributed by atoms with van der Waals surface area (Å²) < 4.78 is 13.0. The van der Waals surface area contributed by atoms with Crippen molar-refractivity contribution in [3.8, 4) is 0 Å². The molecule has 0 radical (unpaired) electrons. The summed E-state index contributed by atoms with van der Waals surface area (Å²) >= 11 is 6.08. The van der Waals surface area contributed by atoms with Gasteiger partial charge < -0.3 is 25.7 Å². The highest BCUT2D eigenvalue weighted by atomic mass is 35.5. The van der Waals surface area contributed by atoms with Gasteiger partial charge in [0.25, 0.3) is 0 Å². The maximum atomic E-state index is 13.9. The summed E-state index contributed by atoms with van der Waals surface area (Å²) in [5.41, 5.74) is 0.914. The molecule has 2 amide bonds. The van der Waals surface area contributed by atoms with Gasteiger partial charge >= 0.3 is 0 Å². The van der Waals surface area contributed by atoms with Crippen LogP contribution in [0.1, 0.15) is 83.6 Å². The van der Waals surface area contributed by atoms with Crippen molar-refractivity contribution in [2.24, 2.45) is 23.7 Å². The van der Waals surface area contributed by atoms with Gasteiger partial charge in [0.05, 0.1) is 18.1 Å². The predicted octanol–water partition coefficient (Wildman–Crippen LogP) is 4.32. The maximum Gasteiger partial charge on any atom is 0.242 e. The molecule has 2 saturated carbocycles. The lowest BCUT2D eigenvalue weighted by molar-refractivity contribution is -0.132. The first-order valence-corrected chi connectivity index (χ1v) is 18.5. The van der Waals surface area contributed by atoms with Crippen LogP contribution in [0.2, 0.25) is 5.02 Å². The molecular formula is C34H56ClN3O5S. The number of aliphatic hydroxyl groups excluding tert-OH is 2. The number of nitrogens with zero attached hydrogens (tertiary/aromatic N) is 1. The number of hydrogen-bond donors (Lipinski definition) is 4. The molecule has 3 rings (SSSR count). The van der Waals surface area contributed by atoms with Gasteiger partial charge in [-0.05, 0) is 75.2 Å². The minimum Gasteiger partial charge on any atom is -0.390 e. The molecule has 6 atom stereocenters.